The van der Waals surface area contributed by atoms with Gasteiger partial charge in [-0.15, -0.1) is 27.0 Å². The molecule has 0 spiro atoms. The average molecular weight is 435 g/mol. The first-order chi connectivity index (χ1) is 13.9. The molecule has 0 fully saturated rings. The molecule has 1 aliphatic heterocycles. The fourth-order valence-corrected chi connectivity index (χ4v) is 3.65. The first-order valence-electron chi connectivity index (χ1n) is 8.44. The van der Waals surface area contributed by atoms with Crippen LogP contribution in [0.15, 0.2) is 27.3 Å². The second-order valence-corrected chi connectivity index (χ2v) is 8.06. The zero-order chi connectivity index (χ0) is 21.0. The molecule has 3 heterocycles. The summed E-state index contributed by atoms with van der Waals surface area (Å²) in [4.78, 5) is 41.3. The summed E-state index contributed by atoms with van der Waals surface area (Å²) >= 11 is 2.33. The zero-order valence-electron chi connectivity index (χ0n) is 15.6. The van der Waals surface area contributed by atoms with E-state index in [2.05, 4.69) is 37.3 Å². The number of amides is 4. The van der Waals surface area contributed by atoms with E-state index in [-0.39, 0.29) is 41.6 Å². The molecule has 152 valence electrons. The molecule has 3 rings (SSSR count). The van der Waals surface area contributed by atoms with Crippen LogP contribution in [0.1, 0.15) is 17.8 Å². The van der Waals surface area contributed by atoms with Gasteiger partial charge in [0.1, 0.15) is 5.01 Å². The van der Waals surface area contributed by atoms with Crippen molar-refractivity contribution in [3.63, 3.8) is 0 Å². The Hall–Kier alpha value is -2.93. The SMILES string of the molecule is C=CCN1C(=O)N=C(C)C(Cc2nnc(SCC(=O)Nc3nnc(C)s3)o2)C1=O. The number of urea groups is 1. The van der Waals surface area contributed by atoms with E-state index < -0.39 is 11.9 Å². The third-order valence-electron chi connectivity index (χ3n) is 3.81. The zero-order valence-corrected chi connectivity index (χ0v) is 17.2. The third kappa shape index (κ3) is 5.12. The second-order valence-electron chi connectivity index (χ2n) is 5.95. The highest BCUT2D eigenvalue weighted by atomic mass is 32.2. The number of aliphatic imine (C=N–C) groups is 1. The molecule has 0 aromatic carbocycles. The van der Waals surface area contributed by atoms with Gasteiger partial charge in [0.25, 0.3) is 5.22 Å². The van der Waals surface area contributed by atoms with Gasteiger partial charge in [-0.25, -0.2) is 9.79 Å². The molecular weight excluding hydrogens is 418 g/mol. The maximum atomic E-state index is 12.6. The molecule has 29 heavy (non-hydrogen) atoms. The smallest absolute Gasteiger partial charge is 0.350 e. The molecule has 1 unspecified atom stereocenters. The molecule has 0 bridgehead atoms. The number of imide groups is 1. The van der Waals surface area contributed by atoms with Gasteiger partial charge in [-0.1, -0.05) is 29.2 Å². The molecule has 11 nitrogen and oxygen atoms in total. The van der Waals surface area contributed by atoms with Gasteiger partial charge in [-0.05, 0) is 13.8 Å². The maximum absolute atomic E-state index is 12.6. The highest BCUT2D eigenvalue weighted by Crippen LogP contribution is 2.22. The monoisotopic (exact) mass is 435 g/mol. The summed E-state index contributed by atoms with van der Waals surface area (Å²) in [5.41, 5.74) is 0.388. The van der Waals surface area contributed by atoms with E-state index in [0.717, 1.165) is 21.7 Å². The van der Waals surface area contributed by atoms with Gasteiger partial charge in [-0.2, -0.15) is 0 Å². The van der Waals surface area contributed by atoms with Gasteiger partial charge < -0.3 is 4.42 Å². The highest BCUT2D eigenvalue weighted by molar-refractivity contribution is 7.99. The summed E-state index contributed by atoms with van der Waals surface area (Å²) in [5.74, 6) is -1.08. The number of nitrogens with zero attached hydrogens (tertiary/aromatic N) is 6. The number of thioether (sulfide) groups is 1. The van der Waals surface area contributed by atoms with Crippen molar-refractivity contribution in [2.45, 2.75) is 25.5 Å². The van der Waals surface area contributed by atoms with Gasteiger partial charge >= 0.3 is 6.03 Å². The Kier molecular flexibility index (Phi) is 6.49. The lowest BCUT2D eigenvalue weighted by molar-refractivity contribution is -0.130. The van der Waals surface area contributed by atoms with Crippen LogP contribution in [0.5, 0.6) is 0 Å². The van der Waals surface area contributed by atoms with Crippen molar-refractivity contribution in [3.8, 4) is 0 Å². The van der Waals surface area contributed by atoms with E-state index in [1.807, 2.05) is 0 Å². The molecule has 0 saturated carbocycles. The number of carbonyl (C=O) groups excluding carboxylic acids is 3. The van der Waals surface area contributed by atoms with E-state index in [0.29, 0.717) is 10.8 Å². The molecule has 0 radical (unpaired) electrons. The number of nitrogens with one attached hydrogen (secondary N) is 1. The summed E-state index contributed by atoms with van der Waals surface area (Å²) in [7, 11) is 0. The molecule has 2 aromatic rings. The number of aryl methyl sites for hydroxylation is 1. The second kappa shape index (κ2) is 9.05. The summed E-state index contributed by atoms with van der Waals surface area (Å²) in [6.07, 6.45) is 1.57. The Bertz CT molecular complexity index is 984. The van der Waals surface area contributed by atoms with Gasteiger partial charge in [0.2, 0.25) is 22.8 Å². The van der Waals surface area contributed by atoms with Gasteiger partial charge in [0, 0.05) is 18.7 Å². The van der Waals surface area contributed by atoms with Crippen LogP contribution in [0.2, 0.25) is 0 Å². The van der Waals surface area contributed by atoms with Crippen LogP contribution < -0.4 is 5.32 Å². The number of carbonyl (C=O) groups is 3. The van der Waals surface area contributed by atoms with Crippen molar-refractivity contribution in [2.75, 3.05) is 17.6 Å². The first-order valence-corrected chi connectivity index (χ1v) is 10.2. The highest BCUT2D eigenvalue weighted by Gasteiger charge is 2.36. The van der Waals surface area contributed by atoms with Crippen LogP contribution in [0.4, 0.5) is 9.93 Å². The lowest BCUT2D eigenvalue weighted by Gasteiger charge is -2.27. The Morgan fingerprint density at radius 2 is 2.10 bits per heavy atom. The molecule has 4 amide bonds. The van der Waals surface area contributed by atoms with Crippen LogP contribution >= 0.6 is 23.1 Å². The van der Waals surface area contributed by atoms with Crippen molar-refractivity contribution in [1.82, 2.24) is 25.3 Å². The Labute approximate surface area is 173 Å². The van der Waals surface area contributed by atoms with Crippen molar-refractivity contribution in [3.05, 3.63) is 23.6 Å². The predicted octanol–water partition coefficient (Wildman–Crippen LogP) is 1.73. The Morgan fingerprint density at radius 1 is 1.31 bits per heavy atom. The van der Waals surface area contributed by atoms with Crippen molar-refractivity contribution < 1.29 is 18.8 Å². The molecule has 1 atom stereocenters. The number of anilines is 1. The number of aromatic nitrogens is 4. The molecule has 0 saturated heterocycles. The van der Waals surface area contributed by atoms with Gasteiger partial charge in [-0.3, -0.25) is 19.8 Å². The van der Waals surface area contributed by atoms with Crippen LogP contribution in [0, 0.1) is 12.8 Å². The molecule has 1 aliphatic rings. The predicted molar refractivity (Wildman–Crippen MR) is 106 cm³/mol. The standard InChI is InChI=1S/C16H17N7O4S2/c1-4-5-23-13(25)10(8(2)17-15(23)26)6-12-20-22-16(27-12)28-7-11(24)18-14-21-19-9(3)29-14/h4,10H,1,5-7H2,2-3H3,(H,18,21,24). The normalized spacial score (nSPS) is 16.7. The average Bonchev–Trinajstić information content (AvgIpc) is 3.29. The summed E-state index contributed by atoms with van der Waals surface area (Å²) in [6, 6.07) is -0.609. The molecular formula is C16H17N7O4S2. The third-order valence-corrected chi connectivity index (χ3v) is 5.38. The Morgan fingerprint density at radius 3 is 2.79 bits per heavy atom. The molecule has 2 aromatic heterocycles. The number of hydrogen-bond acceptors (Lipinski definition) is 10. The van der Waals surface area contributed by atoms with E-state index in [1.54, 1.807) is 13.8 Å². The van der Waals surface area contributed by atoms with Crippen molar-refractivity contribution >= 4 is 51.8 Å². The maximum Gasteiger partial charge on any atom is 0.350 e. The number of rotatable bonds is 8. The van der Waals surface area contributed by atoms with Gasteiger partial charge in [0.15, 0.2) is 0 Å². The summed E-state index contributed by atoms with van der Waals surface area (Å²) in [6.45, 7) is 7.02. The van der Waals surface area contributed by atoms with E-state index >= 15 is 0 Å². The van der Waals surface area contributed by atoms with E-state index in [1.165, 1.54) is 17.4 Å². The Balaban J connectivity index is 1.57. The van der Waals surface area contributed by atoms with Crippen LogP contribution in [-0.2, 0) is 16.0 Å². The molecule has 0 aliphatic carbocycles. The lowest BCUT2D eigenvalue weighted by Crippen LogP contribution is -2.46. The fourth-order valence-electron chi connectivity index (χ4n) is 2.47. The topological polar surface area (TPSA) is 144 Å². The lowest BCUT2D eigenvalue weighted by atomic mass is 9.97. The quantitative estimate of drug-likeness (QED) is 0.484. The van der Waals surface area contributed by atoms with Crippen LogP contribution in [0.3, 0.4) is 0 Å². The van der Waals surface area contributed by atoms with Gasteiger partial charge in [0.05, 0.1) is 11.7 Å². The minimum absolute atomic E-state index is 0.0463. The minimum atomic E-state index is -0.671. The van der Waals surface area contributed by atoms with Crippen LogP contribution in [-0.4, -0.2) is 61.1 Å². The van der Waals surface area contributed by atoms with E-state index in [4.69, 9.17) is 4.42 Å². The number of hydrogen-bond donors (Lipinski definition) is 1. The largest absolute Gasteiger partial charge is 0.416 e. The minimum Gasteiger partial charge on any atom is -0.416 e. The fraction of sp³-hybridized carbons (Fsp3) is 0.375. The molecule has 13 heteroatoms. The molecule has 1 N–H and O–H groups in total. The van der Waals surface area contributed by atoms with Crippen molar-refractivity contribution in [2.24, 2.45) is 10.9 Å². The first kappa shape index (κ1) is 20.8. The van der Waals surface area contributed by atoms with E-state index in [9.17, 15) is 14.4 Å². The van der Waals surface area contributed by atoms with Crippen LogP contribution in [0.25, 0.3) is 0 Å². The summed E-state index contributed by atoms with van der Waals surface area (Å²) < 4.78 is 5.51. The van der Waals surface area contributed by atoms with Crippen molar-refractivity contribution in [1.29, 1.82) is 0 Å². The summed E-state index contributed by atoms with van der Waals surface area (Å²) in [5, 5.41) is 19.4.